The van der Waals surface area contributed by atoms with Crippen molar-refractivity contribution in [1.82, 2.24) is 0 Å². The Bertz CT molecular complexity index is 239. The minimum atomic E-state index is 0.384. The average Bonchev–Trinajstić information content (AvgIpc) is 1.96. The molecule has 12 heavy (non-hydrogen) atoms. The van der Waals surface area contributed by atoms with Crippen LogP contribution in [0.25, 0.3) is 0 Å². The first-order chi connectivity index (χ1) is 5.46. The fourth-order valence-electron chi connectivity index (χ4n) is 2.09. The van der Waals surface area contributed by atoms with Gasteiger partial charge in [-0.15, -0.1) is 0 Å². The summed E-state index contributed by atoms with van der Waals surface area (Å²) in [5.74, 6) is 0. The quantitative estimate of drug-likeness (QED) is 0.547. The maximum absolute atomic E-state index is 2.44. The predicted molar refractivity (Wildman–Crippen MR) is 55.1 cm³/mol. The molecular weight excluding hydrogens is 144 g/mol. The molecule has 0 fully saturated rings. The largest absolute Gasteiger partial charge is 0.0751 e. The monoisotopic (exact) mass is 164 g/mol. The SMILES string of the molecule is CCC1=CC(C)(C)CC(C)=C1C. The van der Waals surface area contributed by atoms with Crippen LogP contribution in [0.3, 0.4) is 0 Å². The van der Waals surface area contributed by atoms with E-state index in [0.29, 0.717) is 5.41 Å². The molecule has 0 N–H and O–H groups in total. The van der Waals surface area contributed by atoms with Crippen molar-refractivity contribution in [2.45, 2.75) is 47.5 Å². The Kier molecular flexibility index (Phi) is 2.46. The van der Waals surface area contributed by atoms with Crippen molar-refractivity contribution < 1.29 is 0 Å². The van der Waals surface area contributed by atoms with Crippen LogP contribution in [0.1, 0.15) is 47.5 Å². The molecule has 0 aliphatic heterocycles. The Hall–Kier alpha value is -0.520. The van der Waals surface area contributed by atoms with E-state index in [1.165, 1.54) is 18.4 Å². The third kappa shape index (κ3) is 1.80. The standard InChI is InChI=1S/C12H20/c1-6-11-8-12(4,5)7-9(2)10(11)3/h8H,6-7H2,1-5H3. The number of hydrogen-bond acceptors (Lipinski definition) is 0. The minimum absolute atomic E-state index is 0.384. The van der Waals surface area contributed by atoms with Crippen molar-refractivity contribution in [3.05, 3.63) is 22.8 Å². The summed E-state index contributed by atoms with van der Waals surface area (Å²) in [6.45, 7) is 11.4. The Morgan fingerprint density at radius 1 is 1.33 bits per heavy atom. The second kappa shape index (κ2) is 3.08. The molecule has 0 saturated heterocycles. The molecule has 0 saturated carbocycles. The van der Waals surface area contributed by atoms with Gasteiger partial charge in [0, 0.05) is 0 Å². The van der Waals surface area contributed by atoms with Crippen LogP contribution in [-0.2, 0) is 0 Å². The van der Waals surface area contributed by atoms with Gasteiger partial charge in [-0.05, 0) is 43.3 Å². The van der Waals surface area contributed by atoms with Crippen molar-refractivity contribution in [3.63, 3.8) is 0 Å². The Morgan fingerprint density at radius 3 is 2.42 bits per heavy atom. The van der Waals surface area contributed by atoms with Crippen LogP contribution in [0.4, 0.5) is 0 Å². The van der Waals surface area contributed by atoms with Crippen LogP contribution in [0.15, 0.2) is 22.8 Å². The first-order valence-corrected chi connectivity index (χ1v) is 4.85. The summed E-state index contributed by atoms with van der Waals surface area (Å²) in [5, 5.41) is 0. The van der Waals surface area contributed by atoms with Gasteiger partial charge >= 0.3 is 0 Å². The molecule has 0 heterocycles. The summed E-state index contributed by atoms with van der Waals surface area (Å²) < 4.78 is 0. The zero-order chi connectivity index (χ0) is 9.35. The van der Waals surface area contributed by atoms with Gasteiger partial charge in [-0.3, -0.25) is 0 Å². The summed E-state index contributed by atoms with van der Waals surface area (Å²) in [7, 11) is 0. The second-order valence-corrected chi connectivity index (χ2v) is 4.59. The molecule has 1 aliphatic rings. The topological polar surface area (TPSA) is 0 Å². The van der Waals surface area contributed by atoms with E-state index >= 15 is 0 Å². The van der Waals surface area contributed by atoms with Gasteiger partial charge in [0.1, 0.15) is 0 Å². The van der Waals surface area contributed by atoms with Gasteiger partial charge in [-0.1, -0.05) is 32.4 Å². The van der Waals surface area contributed by atoms with Crippen LogP contribution in [-0.4, -0.2) is 0 Å². The first kappa shape index (κ1) is 9.57. The molecule has 0 atom stereocenters. The lowest BCUT2D eigenvalue weighted by molar-refractivity contribution is 0.461. The zero-order valence-electron chi connectivity index (χ0n) is 8.99. The molecule has 0 nitrogen and oxygen atoms in total. The first-order valence-electron chi connectivity index (χ1n) is 4.85. The molecule has 0 aromatic rings. The van der Waals surface area contributed by atoms with Gasteiger partial charge in [0.15, 0.2) is 0 Å². The molecule has 0 aromatic carbocycles. The van der Waals surface area contributed by atoms with E-state index in [0.717, 1.165) is 0 Å². The third-order valence-corrected chi connectivity index (χ3v) is 2.79. The lowest BCUT2D eigenvalue weighted by Gasteiger charge is -2.29. The van der Waals surface area contributed by atoms with Crippen molar-refractivity contribution in [1.29, 1.82) is 0 Å². The van der Waals surface area contributed by atoms with Crippen LogP contribution >= 0.6 is 0 Å². The molecule has 0 radical (unpaired) electrons. The Morgan fingerprint density at radius 2 is 1.92 bits per heavy atom. The highest BCUT2D eigenvalue weighted by Crippen LogP contribution is 2.37. The molecule has 1 aliphatic carbocycles. The maximum atomic E-state index is 2.44. The highest BCUT2D eigenvalue weighted by Gasteiger charge is 2.22. The van der Waals surface area contributed by atoms with E-state index in [4.69, 9.17) is 0 Å². The number of rotatable bonds is 1. The lowest BCUT2D eigenvalue weighted by atomic mass is 9.76. The normalized spacial score (nSPS) is 22.6. The van der Waals surface area contributed by atoms with Crippen molar-refractivity contribution in [3.8, 4) is 0 Å². The summed E-state index contributed by atoms with van der Waals surface area (Å²) in [6.07, 6.45) is 4.84. The number of allylic oxidation sites excluding steroid dienone is 4. The van der Waals surface area contributed by atoms with E-state index in [9.17, 15) is 0 Å². The molecule has 0 spiro atoms. The highest BCUT2D eigenvalue weighted by atomic mass is 14.3. The van der Waals surface area contributed by atoms with E-state index < -0.39 is 0 Å². The second-order valence-electron chi connectivity index (χ2n) is 4.59. The molecule has 0 aromatic heterocycles. The van der Waals surface area contributed by atoms with E-state index in [1.54, 1.807) is 11.1 Å². The minimum Gasteiger partial charge on any atom is -0.0751 e. The van der Waals surface area contributed by atoms with E-state index in [1.807, 2.05) is 0 Å². The maximum Gasteiger partial charge on any atom is -0.0132 e. The fourth-order valence-corrected chi connectivity index (χ4v) is 2.09. The van der Waals surface area contributed by atoms with Gasteiger partial charge in [-0.2, -0.15) is 0 Å². The van der Waals surface area contributed by atoms with Gasteiger partial charge in [0.2, 0.25) is 0 Å². The van der Waals surface area contributed by atoms with Gasteiger partial charge in [0.05, 0.1) is 0 Å². The summed E-state index contributed by atoms with van der Waals surface area (Å²) >= 11 is 0. The fraction of sp³-hybridized carbons (Fsp3) is 0.667. The summed E-state index contributed by atoms with van der Waals surface area (Å²) in [6, 6.07) is 0. The van der Waals surface area contributed by atoms with Crippen LogP contribution in [0.2, 0.25) is 0 Å². The molecular formula is C12H20. The van der Waals surface area contributed by atoms with E-state index in [-0.39, 0.29) is 0 Å². The Labute approximate surface area is 76.4 Å². The van der Waals surface area contributed by atoms with Crippen LogP contribution in [0.5, 0.6) is 0 Å². The van der Waals surface area contributed by atoms with Crippen molar-refractivity contribution in [2.75, 3.05) is 0 Å². The molecule has 0 bridgehead atoms. The molecule has 68 valence electrons. The molecule has 0 heteroatoms. The summed E-state index contributed by atoms with van der Waals surface area (Å²) in [5.41, 5.74) is 5.02. The smallest absolute Gasteiger partial charge is 0.0132 e. The highest BCUT2D eigenvalue weighted by molar-refractivity contribution is 5.38. The van der Waals surface area contributed by atoms with Crippen LogP contribution < -0.4 is 0 Å². The molecule has 0 unspecified atom stereocenters. The Balaban J connectivity index is 3.02. The molecule has 0 amide bonds. The average molecular weight is 164 g/mol. The van der Waals surface area contributed by atoms with Gasteiger partial charge < -0.3 is 0 Å². The lowest BCUT2D eigenvalue weighted by Crippen LogP contribution is -2.14. The zero-order valence-corrected chi connectivity index (χ0v) is 8.99. The third-order valence-electron chi connectivity index (χ3n) is 2.79. The van der Waals surface area contributed by atoms with E-state index in [2.05, 4.69) is 40.7 Å². The number of hydrogen-bond donors (Lipinski definition) is 0. The molecule has 1 rings (SSSR count). The van der Waals surface area contributed by atoms with Crippen molar-refractivity contribution in [2.24, 2.45) is 5.41 Å². The van der Waals surface area contributed by atoms with Gasteiger partial charge in [0.25, 0.3) is 0 Å². The predicted octanol–water partition coefficient (Wildman–Crippen LogP) is 4.09. The summed E-state index contributed by atoms with van der Waals surface area (Å²) in [4.78, 5) is 0. The van der Waals surface area contributed by atoms with Gasteiger partial charge in [-0.25, -0.2) is 0 Å². The van der Waals surface area contributed by atoms with Crippen LogP contribution in [0, 0.1) is 5.41 Å². The van der Waals surface area contributed by atoms with Crippen molar-refractivity contribution >= 4 is 0 Å².